The molecule has 88 valence electrons. The molecule has 0 unspecified atom stereocenters. The van der Waals surface area contributed by atoms with Crippen LogP contribution in [0.25, 0.3) is 0 Å². The number of piperidine rings is 2. The minimum Gasteiger partial charge on any atom is -0.393 e. The lowest BCUT2D eigenvalue weighted by atomic mass is 9.95. The highest BCUT2D eigenvalue weighted by Crippen LogP contribution is 2.19. The van der Waals surface area contributed by atoms with Gasteiger partial charge in [-0.3, -0.25) is 0 Å². The molecule has 0 aromatic heterocycles. The predicted molar refractivity (Wildman–Crippen MR) is 61.9 cm³/mol. The van der Waals surface area contributed by atoms with Crippen molar-refractivity contribution in [1.82, 2.24) is 9.80 Å². The number of rotatable bonds is 2. The molecule has 15 heavy (non-hydrogen) atoms. The van der Waals surface area contributed by atoms with Gasteiger partial charge < -0.3 is 14.9 Å². The van der Waals surface area contributed by atoms with E-state index in [0.717, 1.165) is 31.8 Å². The second-order valence-electron chi connectivity index (χ2n) is 5.28. The van der Waals surface area contributed by atoms with Crippen LogP contribution < -0.4 is 0 Å². The minimum absolute atomic E-state index is 0.0289. The molecule has 0 saturated carbocycles. The van der Waals surface area contributed by atoms with Gasteiger partial charge in [-0.2, -0.15) is 0 Å². The van der Waals surface area contributed by atoms with Crippen molar-refractivity contribution in [2.24, 2.45) is 5.92 Å². The average Bonchev–Trinajstić information content (AvgIpc) is 2.25. The van der Waals surface area contributed by atoms with Gasteiger partial charge >= 0.3 is 0 Å². The summed E-state index contributed by atoms with van der Waals surface area (Å²) in [6.07, 6.45) is 4.64. The van der Waals surface area contributed by atoms with Gasteiger partial charge in [-0.25, -0.2) is 0 Å². The molecule has 0 amide bonds. The maximum absolute atomic E-state index is 9.43. The monoisotopic (exact) mass is 212 g/mol. The number of aliphatic hydroxyl groups is 1. The topological polar surface area (TPSA) is 26.7 Å². The van der Waals surface area contributed by atoms with Crippen molar-refractivity contribution in [1.29, 1.82) is 0 Å². The van der Waals surface area contributed by atoms with Gasteiger partial charge in [-0.05, 0) is 51.7 Å². The Morgan fingerprint density at radius 2 is 1.60 bits per heavy atom. The third kappa shape index (κ3) is 3.44. The zero-order valence-corrected chi connectivity index (χ0v) is 9.86. The van der Waals surface area contributed by atoms with Crippen molar-refractivity contribution in [3.63, 3.8) is 0 Å². The number of hydrogen-bond acceptors (Lipinski definition) is 3. The Hall–Kier alpha value is -0.120. The molecular weight excluding hydrogens is 188 g/mol. The second kappa shape index (κ2) is 5.28. The average molecular weight is 212 g/mol. The van der Waals surface area contributed by atoms with Gasteiger partial charge in [0.25, 0.3) is 0 Å². The summed E-state index contributed by atoms with van der Waals surface area (Å²) in [6.45, 7) is 6.00. The third-order valence-electron chi connectivity index (χ3n) is 3.91. The molecule has 3 nitrogen and oxygen atoms in total. The van der Waals surface area contributed by atoms with Gasteiger partial charge in [0, 0.05) is 19.6 Å². The van der Waals surface area contributed by atoms with E-state index in [1.807, 2.05) is 0 Å². The molecule has 0 aromatic rings. The molecule has 0 aliphatic carbocycles. The Morgan fingerprint density at radius 1 is 1.00 bits per heavy atom. The fraction of sp³-hybridized carbons (Fsp3) is 1.00. The third-order valence-corrected chi connectivity index (χ3v) is 3.91. The molecule has 2 aliphatic rings. The lowest BCUT2D eigenvalue weighted by Crippen LogP contribution is -2.41. The highest BCUT2D eigenvalue weighted by molar-refractivity contribution is 4.77. The highest BCUT2D eigenvalue weighted by atomic mass is 16.3. The molecule has 0 atom stereocenters. The number of likely N-dealkylation sites (tertiary alicyclic amines) is 2. The summed E-state index contributed by atoms with van der Waals surface area (Å²) in [5, 5.41) is 9.43. The summed E-state index contributed by atoms with van der Waals surface area (Å²) in [4.78, 5) is 4.97. The molecule has 3 heteroatoms. The molecule has 0 bridgehead atoms. The van der Waals surface area contributed by atoms with Crippen LogP contribution in [0.2, 0.25) is 0 Å². The minimum atomic E-state index is -0.0289. The molecular formula is C12H24N2O. The first-order valence-corrected chi connectivity index (χ1v) is 6.33. The SMILES string of the molecule is CN1CCC(CN2CCC(O)CC2)CC1. The second-order valence-corrected chi connectivity index (χ2v) is 5.28. The first kappa shape index (κ1) is 11.4. The van der Waals surface area contributed by atoms with E-state index in [9.17, 15) is 5.11 Å². The van der Waals surface area contributed by atoms with Gasteiger partial charge in [0.2, 0.25) is 0 Å². The molecule has 0 radical (unpaired) electrons. The van der Waals surface area contributed by atoms with Crippen molar-refractivity contribution >= 4 is 0 Å². The van der Waals surface area contributed by atoms with Gasteiger partial charge in [0.1, 0.15) is 0 Å². The Morgan fingerprint density at radius 3 is 2.20 bits per heavy atom. The first-order chi connectivity index (χ1) is 7.24. The van der Waals surface area contributed by atoms with Crippen LogP contribution in [0.1, 0.15) is 25.7 Å². The summed E-state index contributed by atoms with van der Waals surface area (Å²) >= 11 is 0. The molecule has 2 saturated heterocycles. The molecule has 2 rings (SSSR count). The van der Waals surface area contributed by atoms with Crippen molar-refractivity contribution in [3.8, 4) is 0 Å². The highest BCUT2D eigenvalue weighted by Gasteiger charge is 2.22. The van der Waals surface area contributed by atoms with Crippen LogP contribution in [0, 0.1) is 5.92 Å². The van der Waals surface area contributed by atoms with Crippen LogP contribution in [0.3, 0.4) is 0 Å². The molecule has 0 aromatic carbocycles. The Bertz CT molecular complexity index is 162. The summed E-state index contributed by atoms with van der Waals surface area (Å²) < 4.78 is 0. The van der Waals surface area contributed by atoms with E-state index in [1.165, 1.54) is 32.5 Å². The van der Waals surface area contributed by atoms with Gasteiger partial charge in [0.05, 0.1) is 6.10 Å². The summed E-state index contributed by atoms with van der Waals surface area (Å²) in [5.74, 6) is 0.899. The summed E-state index contributed by atoms with van der Waals surface area (Å²) in [5.41, 5.74) is 0. The Kier molecular flexibility index (Phi) is 4.00. The fourth-order valence-electron chi connectivity index (χ4n) is 2.71. The standard InChI is InChI=1S/C12H24N2O/c1-13-6-2-11(3-7-13)10-14-8-4-12(15)5-9-14/h11-12,15H,2-10H2,1H3. The van der Waals surface area contributed by atoms with Crippen LogP contribution in [-0.2, 0) is 0 Å². The van der Waals surface area contributed by atoms with Crippen LogP contribution in [-0.4, -0.2) is 60.8 Å². The fourth-order valence-corrected chi connectivity index (χ4v) is 2.71. The van der Waals surface area contributed by atoms with Crippen LogP contribution >= 0.6 is 0 Å². The lowest BCUT2D eigenvalue weighted by molar-refractivity contribution is 0.0670. The van der Waals surface area contributed by atoms with E-state index in [1.54, 1.807) is 0 Å². The quantitative estimate of drug-likeness (QED) is 0.733. The summed E-state index contributed by atoms with van der Waals surface area (Å²) in [7, 11) is 2.22. The normalized spacial score (nSPS) is 28.4. The van der Waals surface area contributed by atoms with Crippen molar-refractivity contribution < 1.29 is 5.11 Å². The van der Waals surface area contributed by atoms with E-state index >= 15 is 0 Å². The smallest absolute Gasteiger partial charge is 0.0564 e. The van der Waals surface area contributed by atoms with Gasteiger partial charge in [0.15, 0.2) is 0 Å². The molecule has 1 N–H and O–H groups in total. The Balaban J connectivity index is 1.68. The van der Waals surface area contributed by atoms with Crippen LogP contribution in [0.4, 0.5) is 0 Å². The molecule has 2 aliphatic heterocycles. The van der Waals surface area contributed by atoms with E-state index in [2.05, 4.69) is 16.8 Å². The predicted octanol–water partition coefficient (Wildman–Crippen LogP) is 0.785. The van der Waals surface area contributed by atoms with Crippen LogP contribution in [0.15, 0.2) is 0 Å². The first-order valence-electron chi connectivity index (χ1n) is 6.33. The van der Waals surface area contributed by atoms with Crippen LogP contribution in [0.5, 0.6) is 0 Å². The largest absolute Gasteiger partial charge is 0.393 e. The van der Waals surface area contributed by atoms with Gasteiger partial charge in [-0.15, -0.1) is 0 Å². The van der Waals surface area contributed by atoms with Gasteiger partial charge in [-0.1, -0.05) is 0 Å². The van der Waals surface area contributed by atoms with E-state index in [0.29, 0.717) is 0 Å². The van der Waals surface area contributed by atoms with E-state index in [-0.39, 0.29) is 6.10 Å². The van der Waals surface area contributed by atoms with Crippen molar-refractivity contribution in [2.75, 3.05) is 39.8 Å². The Labute approximate surface area is 93.1 Å². The molecule has 2 heterocycles. The summed E-state index contributed by atoms with van der Waals surface area (Å²) in [6, 6.07) is 0. The zero-order valence-electron chi connectivity index (χ0n) is 9.86. The maximum Gasteiger partial charge on any atom is 0.0564 e. The van der Waals surface area contributed by atoms with E-state index in [4.69, 9.17) is 0 Å². The number of nitrogens with zero attached hydrogens (tertiary/aromatic N) is 2. The molecule has 2 fully saturated rings. The zero-order chi connectivity index (χ0) is 10.7. The lowest BCUT2D eigenvalue weighted by Gasteiger charge is -2.35. The number of aliphatic hydroxyl groups excluding tert-OH is 1. The van der Waals surface area contributed by atoms with Crippen molar-refractivity contribution in [2.45, 2.75) is 31.8 Å². The molecule has 0 spiro atoms. The maximum atomic E-state index is 9.43. The van der Waals surface area contributed by atoms with E-state index < -0.39 is 0 Å². The number of hydrogen-bond donors (Lipinski definition) is 1. The van der Waals surface area contributed by atoms with Crippen molar-refractivity contribution in [3.05, 3.63) is 0 Å².